The quantitative estimate of drug-likeness (QED) is 0.461. The third kappa shape index (κ3) is 4.33. The smallest absolute Gasteiger partial charge is 0.196 e. The molecule has 0 aliphatic heterocycles. The van der Waals surface area contributed by atoms with Gasteiger partial charge in [-0.25, -0.2) is 4.39 Å². The zero-order valence-electron chi connectivity index (χ0n) is 13.9. The van der Waals surface area contributed by atoms with Crippen LogP contribution < -0.4 is 0 Å². The standard InChI is InChI=1S/C19H18FN3OS/c1-14(24)6-5-13-25-19-22-21-18(15-7-3-2-4-8-15)23(19)17-11-9-16(20)10-12-17/h2-4,7-12H,5-6,13H2,1H3. The third-order valence-electron chi connectivity index (χ3n) is 3.65. The summed E-state index contributed by atoms with van der Waals surface area (Å²) in [6.07, 6.45) is 1.35. The Morgan fingerprint density at radius 2 is 1.80 bits per heavy atom. The number of ketones is 1. The minimum absolute atomic E-state index is 0.186. The second kappa shape index (κ2) is 8.07. The van der Waals surface area contributed by atoms with E-state index in [1.807, 2.05) is 34.9 Å². The average Bonchev–Trinajstić information content (AvgIpc) is 3.04. The number of hydrogen-bond acceptors (Lipinski definition) is 4. The fourth-order valence-corrected chi connectivity index (χ4v) is 3.34. The van der Waals surface area contributed by atoms with Crippen LogP contribution in [0.2, 0.25) is 0 Å². The molecule has 0 atom stereocenters. The number of hydrogen-bond donors (Lipinski definition) is 0. The van der Waals surface area contributed by atoms with Crippen molar-refractivity contribution in [2.75, 3.05) is 5.75 Å². The summed E-state index contributed by atoms with van der Waals surface area (Å²) >= 11 is 1.55. The van der Waals surface area contributed by atoms with Gasteiger partial charge in [0.05, 0.1) is 0 Å². The maximum Gasteiger partial charge on any atom is 0.196 e. The predicted octanol–water partition coefficient (Wildman–Crippen LogP) is 4.53. The topological polar surface area (TPSA) is 47.8 Å². The molecule has 0 saturated heterocycles. The summed E-state index contributed by atoms with van der Waals surface area (Å²) in [5, 5.41) is 9.37. The highest BCUT2D eigenvalue weighted by Crippen LogP contribution is 2.28. The van der Waals surface area contributed by atoms with Gasteiger partial charge in [-0.3, -0.25) is 4.57 Å². The number of carbonyl (C=O) groups excluding carboxylic acids is 1. The van der Waals surface area contributed by atoms with Crippen molar-refractivity contribution in [1.29, 1.82) is 0 Å². The Bertz CT molecular complexity index is 847. The number of thioether (sulfide) groups is 1. The molecule has 1 aromatic heterocycles. The van der Waals surface area contributed by atoms with E-state index in [-0.39, 0.29) is 11.6 Å². The Labute approximate surface area is 150 Å². The van der Waals surface area contributed by atoms with Crippen LogP contribution in [0.25, 0.3) is 17.1 Å². The number of rotatable bonds is 7. The molecule has 0 aliphatic carbocycles. The van der Waals surface area contributed by atoms with Crippen molar-refractivity contribution in [1.82, 2.24) is 14.8 Å². The molecule has 0 fully saturated rings. The molecule has 0 amide bonds. The first-order valence-corrected chi connectivity index (χ1v) is 9.03. The number of aromatic nitrogens is 3. The summed E-state index contributed by atoms with van der Waals surface area (Å²) in [6, 6.07) is 16.0. The van der Waals surface area contributed by atoms with Crippen LogP contribution in [0.5, 0.6) is 0 Å². The molecule has 4 nitrogen and oxygen atoms in total. The maximum absolute atomic E-state index is 13.3. The Morgan fingerprint density at radius 3 is 2.48 bits per heavy atom. The molecule has 0 aliphatic rings. The van der Waals surface area contributed by atoms with E-state index in [2.05, 4.69) is 10.2 Å². The van der Waals surface area contributed by atoms with Crippen LogP contribution in [-0.2, 0) is 4.79 Å². The van der Waals surface area contributed by atoms with E-state index in [9.17, 15) is 9.18 Å². The Hall–Kier alpha value is -2.47. The van der Waals surface area contributed by atoms with Crippen molar-refractivity contribution >= 4 is 17.5 Å². The van der Waals surface area contributed by atoms with Crippen molar-refractivity contribution in [3.05, 3.63) is 60.4 Å². The van der Waals surface area contributed by atoms with Crippen molar-refractivity contribution in [2.45, 2.75) is 24.9 Å². The molecule has 0 saturated carbocycles. The molecule has 3 rings (SSSR count). The number of nitrogens with zero attached hydrogens (tertiary/aromatic N) is 3. The molecule has 3 aromatic rings. The van der Waals surface area contributed by atoms with E-state index >= 15 is 0 Å². The fourth-order valence-electron chi connectivity index (χ4n) is 2.45. The SMILES string of the molecule is CC(=O)CCCSc1nnc(-c2ccccc2)n1-c1ccc(F)cc1. The van der Waals surface area contributed by atoms with Crippen LogP contribution in [0.1, 0.15) is 19.8 Å². The van der Waals surface area contributed by atoms with Gasteiger partial charge in [0.2, 0.25) is 0 Å². The lowest BCUT2D eigenvalue weighted by molar-refractivity contribution is -0.117. The van der Waals surface area contributed by atoms with Crippen LogP contribution >= 0.6 is 11.8 Å². The van der Waals surface area contributed by atoms with Crippen LogP contribution in [-0.4, -0.2) is 26.3 Å². The average molecular weight is 355 g/mol. The largest absolute Gasteiger partial charge is 0.300 e. The van der Waals surface area contributed by atoms with Crippen LogP contribution in [0, 0.1) is 5.82 Å². The number of carbonyl (C=O) groups is 1. The van der Waals surface area contributed by atoms with E-state index in [0.717, 1.165) is 28.6 Å². The van der Waals surface area contributed by atoms with Crippen molar-refractivity contribution < 1.29 is 9.18 Å². The lowest BCUT2D eigenvalue weighted by Gasteiger charge is -2.10. The van der Waals surface area contributed by atoms with Gasteiger partial charge < -0.3 is 4.79 Å². The molecular weight excluding hydrogens is 337 g/mol. The Balaban J connectivity index is 1.94. The van der Waals surface area contributed by atoms with Crippen molar-refractivity contribution in [2.24, 2.45) is 0 Å². The number of halogens is 1. The molecule has 1 heterocycles. The zero-order valence-corrected chi connectivity index (χ0v) is 14.7. The van der Waals surface area contributed by atoms with Crippen LogP contribution in [0.4, 0.5) is 4.39 Å². The van der Waals surface area contributed by atoms with E-state index in [1.54, 1.807) is 30.8 Å². The molecule has 0 N–H and O–H groups in total. The summed E-state index contributed by atoms with van der Waals surface area (Å²) in [5.41, 5.74) is 1.74. The summed E-state index contributed by atoms with van der Waals surface area (Å²) < 4.78 is 15.2. The first-order chi connectivity index (χ1) is 12.1. The normalized spacial score (nSPS) is 10.8. The fraction of sp³-hybridized carbons (Fsp3) is 0.211. The minimum atomic E-state index is -0.284. The van der Waals surface area contributed by atoms with Crippen LogP contribution in [0.15, 0.2) is 59.8 Å². The second-order valence-electron chi connectivity index (χ2n) is 5.64. The third-order valence-corrected chi connectivity index (χ3v) is 4.67. The number of benzene rings is 2. The molecule has 0 bridgehead atoms. The van der Waals surface area contributed by atoms with Gasteiger partial charge in [-0.2, -0.15) is 0 Å². The van der Waals surface area contributed by atoms with Gasteiger partial charge in [-0.05, 0) is 37.6 Å². The van der Waals surface area contributed by atoms with Crippen molar-refractivity contribution in [3.63, 3.8) is 0 Å². The minimum Gasteiger partial charge on any atom is -0.300 e. The first kappa shape index (κ1) is 17.4. The maximum atomic E-state index is 13.3. The monoisotopic (exact) mass is 355 g/mol. The van der Waals surface area contributed by atoms with E-state index in [4.69, 9.17) is 0 Å². The Kier molecular flexibility index (Phi) is 5.60. The summed E-state index contributed by atoms with van der Waals surface area (Å²) in [5.74, 6) is 1.38. The van der Waals surface area contributed by atoms with Gasteiger partial charge >= 0.3 is 0 Å². The summed E-state index contributed by atoms with van der Waals surface area (Å²) in [4.78, 5) is 11.1. The molecule has 6 heteroatoms. The lowest BCUT2D eigenvalue weighted by Crippen LogP contribution is -2.00. The predicted molar refractivity (Wildman–Crippen MR) is 97.4 cm³/mol. The molecule has 0 radical (unpaired) electrons. The molecular formula is C19H18FN3OS. The molecule has 25 heavy (non-hydrogen) atoms. The van der Waals surface area contributed by atoms with Crippen molar-refractivity contribution in [3.8, 4) is 17.1 Å². The van der Waals surface area contributed by atoms with Gasteiger partial charge in [-0.15, -0.1) is 10.2 Å². The highest BCUT2D eigenvalue weighted by atomic mass is 32.2. The molecule has 2 aromatic carbocycles. The van der Waals surface area contributed by atoms with Crippen LogP contribution in [0.3, 0.4) is 0 Å². The number of Topliss-reactive ketones (excluding diaryl/α,β-unsaturated/α-hetero) is 1. The Morgan fingerprint density at radius 1 is 1.08 bits per heavy atom. The van der Waals surface area contributed by atoms with E-state index in [0.29, 0.717) is 12.2 Å². The van der Waals surface area contributed by atoms with Gasteiger partial charge in [0.1, 0.15) is 11.6 Å². The van der Waals surface area contributed by atoms with Gasteiger partial charge in [0.25, 0.3) is 0 Å². The first-order valence-electron chi connectivity index (χ1n) is 8.04. The van der Waals surface area contributed by atoms with Gasteiger partial charge in [-0.1, -0.05) is 42.1 Å². The highest BCUT2D eigenvalue weighted by molar-refractivity contribution is 7.99. The van der Waals surface area contributed by atoms with E-state index < -0.39 is 0 Å². The molecule has 0 unspecified atom stereocenters. The highest BCUT2D eigenvalue weighted by Gasteiger charge is 2.16. The molecule has 128 valence electrons. The second-order valence-corrected chi connectivity index (χ2v) is 6.70. The van der Waals surface area contributed by atoms with Gasteiger partial charge in [0.15, 0.2) is 11.0 Å². The summed E-state index contributed by atoms with van der Waals surface area (Å²) in [7, 11) is 0. The summed E-state index contributed by atoms with van der Waals surface area (Å²) in [6.45, 7) is 1.60. The van der Waals surface area contributed by atoms with Gasteiger partial charge in [0, 0.05) is 23.4 Å². The van der Waals surface area contributed by atoms with E-state index in [1.165, 1.54) is 12.1 Å². The lowest BCUT2D eigenvalue weighted by atomic mass is 10.2. The molecule has 0 spiro atoms. The zero-order chi connectivity index (χ0) is 17.6.